The van der Waals surface area contributed by atoms with E-state index < -0.39 is 0 Å². The average Bonchev–Trinajstić information content (AvgIpc) is 2.95. The number of fused-ring (bicyclic) bond motifs is 1. The van der Waals surface area contributed by atoms with Crippen LogP contribution in [-0.4, -0.2) is 27.0 Å². The maximum absolute atomic E-state index is 11.9. The van der Waals surface area contributed by atoms with Crippen LogP contribution in [0.5, 0.6) is 5.75 Å². The molecule has 3 aromatic rings. The molecular weight excluding hydrogens is 280 g/mol. The van der Waals surface area contributed by atoms with E-state index in [1.807, 2.05) is 30.3 Å². The number of carbonyl (C=O) groups is 1. The first-order valence-corrected chi connectivity index (χ1v) is 6.69. The summed E-state index contributed by atoms with van der Waals surface area (Å²) in [4.78, 5) is 11.9. The number of hydrazone groups is 1. The van der Waals surface area contributed by atoms with Crippen molar-refractivity contribution in [3.05, 3.63) is 59.9 Å². The van der Waals surface area contributed by atoms with Gasteiger partial charge in [-0.05, 0) is 22.9 Å². The Kier molecular flexibility index (Phi) is 3.57. The SMILES string of the molecule is Cn1nccc1C(=O)N/N=C\c1c(O)ccc2ccccc12. The molecule has 1 aromatic heterocycles. The fourth-order valence-electron chi connectivity index (χ4n) is 2.23. The van der Waals surface area contributed by atoms with Gasteiger partial charge >= 0.3 is 0 Å². The number of phenolic OH excluding ortho intramolecular Hbond substituents is 1. The molecule has 2 N–H and O–H groups in total. The van der Waals surface area contributed by atoms with Gasteiger partial charge in [0.1, 0.15) is 11.4 Å². The van der Waals surface area contributed by atoms with Crippen molar-refractivity contribution < 1.29 is 9.90 Å². The molecule has 0 unspecified atom stereocenters. The van der Waals surface area contributed by atoms with Crippen molar-refractivity contribution in [1.82, 2.24) is 15.2 Å². The lowest BCUT2D eigenvalue weighted by molar-refractivity contribution is 0.0945. The van der Waals surface area contributed by atoms with Crippen molar-refractivity contribution >= 4 is 22.9 Å². The predicted octanol–water partition coefficient (Wildman–Crippen LogP) is 2.04. The molecule has 1 amide bonds. The predicted molar refractivity (Wildman–Crippen MR) is 83.9 cm³/mol. The number of rotatable bonds is 3. The summed E-state index contributed by atoms with van der Waals surface area (Å²) in [6, 6.07) is 12.7. The second kappa shape index (κ2) is 5.69. The summed E-state index contributed by atoms with van der Waals surface area (Å²) in [7, 11) is 1.68. The van der Waals surface area contributed by atoms with E-state index in [9.17, 15) is 9.90 Å². The van der Waals surface area contributed by atoms with Crippen LogP contribution in [-0.2, 0) is 7.05 Å². The molecule has 1 heterocycles. The molecule has 0 saturated carbocycles. The Bertz CT molecular complexity index is 867. The van der Waals surface area contributed by atoms with Crippen LogP contribution in [0.4, 0.5) is 0 Å². The lowest BCUT2D eigenvalue weighted by atomic mass is 10.0. The molecule has 6 heteroatoms. The first-order chi connectivity index (χ1) is 10.7. The van der Waals surface area contributed by atoms with Crippen molar-refractivity contribution in [2.45, 2.75) is 0 Å². The Morgan fingerprint density at radius 3 is 2.86 bits per heavy atom. The standard InChI is InChI=1S/C16H14N4O2/c1-20-14(8-9-18-20)16(22)19-17-10-13-12-5-3-2-4-11(12)6-7-15(13)21/h2-10,21H,1H3,(H,19,22)/b17-10-. The molecule has 0 atom stereocenters. The van der Waals surface area contributed by atoms with Crippen LogP contribution in [0.15, 0.2) is 53.8 Å². The van der Waals surface area contributed by atoms with Crippen LogP contribution in [0.3, 0.4) is 0 Å². The number of nitrogens with zero attached hydrogens (tertiary/aromatic N) is 3. The molecule has 0 saturated heterocycles. The van der Waals surface area contributed by atoms with Gasteiger partial charge in [-0.15, -0.1) is 0 Å². The summed E-state index contributed by atoms with van der Waals surface area (Å²) in [5, 5.41) is 19.7. The van der Waals surface area contributed by atoms with Crippen LogP contribution >= 0.6 is 0 Å². The van der Waals surface area contributed by atoms with Crippen molar-refractivity contribution in [1.29, 1.82) is 0 Å². The highest BCUT2D eigenvalue weighted by Gasteiger charge is 2.08. The molecular formula is C16H14N4O2. The highest BCUT2D eigenvalue weighted by molar-refractivity contribution is 6.03. The van der Waals surface area contributed by atoms with Gasteiger partial charge in [-0.3, -0.25) is 9.48 Å². The monoisotopic (exact) mass is 294 g/mol. The third kappa shape index (κ3) is 2.54. The molecule has 6 nitrogen and oxygen atoms in total. The van der Waals surface area contributed by atoms with Gasteiger partial charge in [-0.25, -0.2) is 5.43 Å². The van der Waals surface area contributed by atoms with E-state index in [-0.39, 0.29) is 11.7 Å². The zero-order valence-corrected chi connectivity index (χ0v) is 11.9. The Balaban J connectivity index is 1.86. The summed E-state index contributed by atoms with van der Waals surface area (Å²) in [5.74, 6) is -0.256. The smallest absolute Gasteiger partial charge is 0.289 e. The van der Waals surface area contributed by atoms with Gasteiger partial charge in [0.15, 0.2) is 0 Å². The Morgan fingerprint density at radius 1 is 1.27 bits per heavy atom. The minimum absolute atomic E-state index is 0.109. The van der Waals surface area contributed by atoms with Crippen molar-refractivity contribution in [3.63, 3.8) is 0 Å². The van der Waals surface area contributed by atoms with Gasteiger partial charge in [-0.1, -0.05) is 30.3 Å². The maximum atomic E-state index is 11.9. The number of amides is 1. The number of benzene rings is 2. The third-order valence-corrected chi connectivity index (χ3v) is 3.36. The molecule has 0 spiro atoms. The third-order valence-electron chi connectivity index (χ3n) is 3.36. The summed E-state index contributed by atoms with van der Waals surface area (Å²) >= 11 is 0. The second-order valence-corrected chi connectivity index (χ2v) is 4.76. The maximum Gasteiger partial charge on any atom is 0.289 e. The van der Waals surface area contributed by atoms with E-state index in [4.69, 9.17) is 0 Å². The average molecular weight is 294 g/mol. The van der Waals surface area contributed by atoms with Gasteiger partial charge in [0, 0.05) is 18.8 Å². The normalized spacial score (nSPS) is 11.1. The van der Waals surface area contributed by atoms with E-state index in [1.165, 1.54) is 17.1 Å². The first-order valence-electron chi connectivity index (χ1n) is 6.69. The van der Waals surface area contributed by atoms with E-state index in [0.717, 1.165) is 10.8 Å². The molecule has 22 heavy (non-hydrogen) atoms. The fourth-order valence-corrected chi connectivity index (χ4v) is 2.23. The largest absolute Gasteiger partial charge is 0.507 e. The molecule has 110 valence electrons. The van der Waals surface area contributed by atoms with E-state index >= 15 is 0 Å². The molecule has 0 aliphatic carbocycles. The van der Waals surface area contributed by atoms with Crippen LogP contribution in [0.25, 0.3) is 10.8 Å². The van der Waals surface area contributed by atoms with Crippen LogP contribution in [0.1, 0.15) is 16.1 Å². The first kappa shape index (κ1) is 13.8. The molecule has 0 radical (unpaired) electrons. The summed E-state index contributed by atoms with van der Waals surface area (Å²) in [6.07, 6.45) is 2.97. The lowest BCUT2D eigenvalue weighted by Gasteiger charge is -2.05. The zero-order valence-electron chi connectivity index (χ0n) is 11.9. The highest BCUT2D eigenvalue weighted by atomic mass is 16.3. The molecule has 0 aliphatic heterocycles. The Labute approximate surface area is 126 Å². The van der Waals surface area contributed by atoms with Gasteiger partial charge in [0.25, 0.3) is 5.91 Å². The number of aryl methyl sites for hydroxylation is 1. The molecule has 2 aromatic carbocycles. The molecule has 3 rings (SSSR count). The van der Waals surface area contributed by atoms with Crippen LogP contribution < -0.4 is 5.43 Å². The van der Waals surface area contributed by atoms with Crippen molar-refractivity contribution in [2.24, 2.45) is 12.1 Å². The number of nitrogens with one attached hydrogen (secondary N) is 1. The fraction of sp³-hybridized carbons (Fsp3) is 0.0625. The molecule has 0 bridgehead atoms. The highest BCUT2D eigenvalue weighted by Crippen LogP contribution is 2.25. The van der Waals surface area contributed by atoms with Crippen LogP contribution in [0, 0.1) is 0 Å². The number of aromatic nitrogens is 2. The van der Waals surface area contributed by atoms with E-state index in [2.05, 4.69) is 15.6 Å². The summed E-state index contributed by atoms with van der Waals surface area (Å²) in [6.45, 7) is 0. The number of phenols is 1. The van der Waals surface area contributed by atoms with E-state index in [1.54, 1.807) is 19.2 Å². The summed E-state index contributed by atoms with van der Waals surface area (Å²) in [5.41, 5.74) is 3.39. The topological polar surface area (TPSA) is 79.5 Å². The van der Waals surface area contributed by atoms with Crippen LogP contribution in [0.2, 0.25) is 0 Å². The zero-order chi connectivity index (χ0) is 15.5. The van der Waals surface area contributed by atoms with Gasteiger partial charge in [-0.2, -0.15) is 10.2 Å². The molecule has 0 fully saturated rings. The van der Waals surface area contributed by atoms with Crippen molar-refractivity contribution in [2.75, 3.05) is 0 Å². The van der Waals surface area contributed by atoms with Gasteiger partial charge < -0.3 is 5.11 Å². The van der Waals surface area contributed by atoms with Gasteiger partial charge in [0.05, 0.1) is 6.21 Å². The Hall–Kier alpha value is -3.15. The number of aromatic hydroxyl groups is 1. The number of hydrogen-bond donors (Lipinski definition) is 2. The number of hydrogen-bond acceptors (Lipinski definition) is 4. The van der Waals surface area contributed by atoms with Crippen molar-refractivity contribution in [3.8, 4) is 5.75 Å². The molecule has 0 aliphatic rings. The van der Waals surface area contributed by atoms with Gasteiger partial charge in [0.2, 0.25) is 0 Å². The Morgan fingerprint density at radius 2 is 2.09 bits per heavy atom. The van der Waals surface area contributed by atoms with E-state index in [0.29, 0.717) is 11.3 Å². The quantitative estimate of drug-likeness (QED) is 0.573. The lowest BCUT2D eigenvalue weighted by Crippen LogP contribution is -2.20. The summed E-state index contributed by atoms with van der Waals surface area (Å²) < 4.78 is 1.46. The minimum Gasteiger partial charge on any atom is -0.507 e. The second-order valence-electron chi connectivity index (χ2n) is 4.76. The minimum atomic E-state index is -0.365. The number of carbonyl (C=O) groups excluding carboxylic acids is 1.